The summed E-state index contributed by atoms with van der Waals surface area (Å²) in [7, 11) is 4.28. The number of hydrogen-bond acceptors (Lipinski definition) is 5. The Kier molecular flexibility index (Phi) is 6.74. The van der Waals surface area contributed by atoms with Crippen LogP contribution in [-0.2, 0) is 9.59 Å². The van der Waals surface area contributed by atoms with Crippen molar-refractivity contribution in [1.29, 1.82) is 0 Å². The van der Waals surface area contributed by atoms with Crippen LogP contribution in [0.15, 0.2) is 29.3 Å². The van der Waals surface area contributed by atoms with Gasteiger partial charge in [0.2, 0.25) is 11.8 Å². The molecule has 2 N–H and O–H groups in total. The Hall–Kier alpha value is -2.23. The van der Waals surface area contributed by atoms with Gasteiger partial charge in [-0.2, -0.15) is 0 Å². The fourth-order valence-electron chi connectivity index (χ4n) is 4.05. The monoisotopic (exact) mass is 444 g/mol. The Morgan fingerprint density at radius 1 is 0.871 bits per heavy atom. The number of quaternary nitrogens is 2. The van der Waals surface area contributed by atoms with Gasteiger partial charge in [0.25, 0.3) is 0 Å². The summed E-state index contributed by atoms with van der Waals surface area (Å²) in [4.78, 5) is 43.0. The number of benzene rings is 1. The number of para-hydroxylation sites is 2. The number of piperazine rings is 2. The highest BCUT2D eigenvalue weighted by Gasteiger charge is 2.38. The minimum Gasteiger partial charge on any atom is -0.334 e. The van der Waals surface area contributed by atoms with Crippen molar-refractivity contribution in [1.82, 2.24) is 19.8 Å². The van der Waals surface area contributed by atoms with Gasteiger partial charge in [-0.05, 0) is 19.1 Å². The molecule has 4 rings (SSSR count). The lowest BCUT2D eigenvalue weighted by Gasteiger charge is -2.35. The summed E-state index contributed by atoms with van der Waals surface area (Å²) in [6.07, 6.45) is 0. The van der Waals surface area contributed by atoms with Crippen molar-refractivity contribution >= 4 is 34.6 Å². The number of amides is 2. The predicted molar refractivity (Wildman–Crippen MR) is 120 cm³/mol. The van der Waals surface area contributed by atoms with Gasteiger partial charge < -0.3 is 19.6 Å². The Morgan fingerprint density at radius 3 is 1.81 bits per heavy atom. The van der Waals surface area contributed by atoms with E-state index in [1.54, 1.807) is 0 Å². The highest BCUT2D eigenvalue weighted by molar-refractivity contribution is 8.01. The molecule has 2 fully saturated rings. The van der Waals surface area contributed by atoms with Crippen molar-refractivity contribution in [3.8, 4) is 0 Å². The van der Waals surface area contributed by atoms with Crippen molar-refractivity contribution in [3.05, 3.63) is 30.0 Å². The maximum absolute atomic E-state index is 13.5. The number of aryl methyl sites for hydroxylation is 1. The van der Waals surface area contributed by atoms with Crippen LogP contribution in [0.5, 0.6) is 0 Å². The maximum atomic E-state index is 13.5. The van der Waals surface area contributed by atoms with Gasteiger partial charge in [-0.25, -0.2) is 9.97 Å². The van der Waals surface area contributed by atoms with Crippen LogP contribution in [0, 0.1) is 6.92 Å². The molecule has 1 aromatic heterocycles. The molecular formula is C22H32N6O2S+2. The van der Waals surface area contributed by atoms with E-state index >= 15 is 0 Å². The lowest BCUT2D eigenvalue weighted by atomic mass is 10.2. The Bertz CT molecular complexity index is 920. The summed E-state index contributed by atoms with van der Waals surface area (Å²) in [5, 5.41) is -0.157. The minimum atomic E-state index is -0.814. The lowest BCUT2D eigenvalue weighted by molar-refractivity contribution is -0.883. The quantitative estimate of drug-likeness (QED) is 0.426. The molecule has 8 nitrogen and oxygen atoms in total. The molecule has 0 saturated carbocycles. The summed E-state index contributed by atoms with van der Waals surface area (Å²) < 4.78 is 0. The van der Waals surface area contributed by atoms with Crippen LogP contribution in [-0.4, -0.2) is 103 Å². The molecule has 166 valence electrons. The van der Waals surface area contributed by atoms with Crippen LogP contribution in [0.25, 0.3) is 11.0 Å². The maximum Gasteiger partial charge on any atom is 0.246 e. The van der Waals surface area contributed by atoms with Crippen LogP contribution < -0.4 is 9.80 Å². The number of thioether (sulfide) groups is 1. The molecule has 0 bridgehead atoms. The van der Waals surface area contributed by atoms with Crippen molar-refractivity contribution in [2.24, 2.45) is 0 Å². The molecule has 0 radical (unpaired) electrons. The molecule has 2 saturated heterocycles. The number of nitrogens with zero attached hydrogens (tertiary/aromatic N) is 4. The van der Waals surface area contributed by atoms with Crippen LogP contribution in [0.2, 0.25) is 0 Å². The van der Waals surface area contributed by atoms with E-state index in [0.717, 1.165) is 42.9 Å². The van der Waals surface area contributed by atoms with E-state index in [2.05, 4.69) is 19.1 Å². The van der Waals surface area contributed by atoms with E-state index in [1.807, 2.05) is 41.0 Å². The summed E-state index contributed by atoms with van der Waals surface area (Å²) in [6, 6.07) is 7.70. The van der Waals surface area contributed by atoms with E-state index < -0.39 is 5.25 Å². The van der Waals surface area contributed by atoms with Crippen LogP contribution in [0.3, 0.4) is 0 Å². The highest BCUT2D eigenvalue weighted by atomic mass is 32.2. The Labute approximate surface area is 187 Å². The van der Waals surface area contributed by atoms with Gasteiger partial charge in [-0.15, -0.1) is 0 Å². The van der Waals surface area contributed by atoms with Gasteiger partial charge in [0, 0.05) is 0 Å². The molecule has 0 spiro atoms. The Morgan fingerprint density at radius 2 is 1.32 bits per heavy atom. The minimum absolute atomic E-state index is 0.0943. The molecule has 0 unspecified atom stereocenters. The van der Waals surface area contributed by atoms with Crippen LogP contribution >= 0.6 is 11.8 Å². The normalized spacial score (nSPS) is 18.7. The predicted octanol–water partition coefficient (Wildman–Crippen LogP) is -1.89. The lowest BCUT2D eigenvalue weighted by Crippen LogP contribution is -3.12. The highest BCUT2D eigenvalue weighted by Crippen LogP contribution is 2.28. The van der Waals surface area contributed by atoms with E-state index in [4.69, 9.17) is 4.98 Å². The van der Waals surface area contributed by atoms with Crippen molar-refractivity contribution < 1.29 is 19.4 Å². The van der Waals surface area contributed by atoms with Gasteiger partial charge in [-0.1, -0.05) is 23.9 Å². The zero-order valence-electron chi connectivity index (χ0n) is 18.6. The zero-order valence-corrected chi connectivity index (χ0v) is 19.4. The van der Waals surface area contributed by atoms with Crippen molar-refractivity contribution in [2.75, 3.05) is 66.5 Å². The number of rotatable bonds is 4. The molecule has 2 amide bonds. The standard InChI is InChI=1S/C22H30N6O2S/c1-16-20(24-18-7-5-4-6-17(18)23-16)31-19(21(29)27-12-8-25(2)9-13-27)22(30)28-14-10-26(3)11-15-28/h4-7,19H,8-15H2,1-3H3/p+2. The largest absolute Gasteiger partial charge is 0.334 e. The number of likely N-dealkylation sites (N-methyl/N-ethyl adjacent to an activating group) is 2. The summed E-state index contributed by atoms with van der Waals surface area (Å²) in [6.45, 7) is 8.26. The molecule has 2 aliphatic rings. The zero-order chi connectivity index (χ0) is 22.0. The number of carbonyl (C=O) groups excluding carboxylic acids is 2. The molecule has 9 heteroatoms. The van der Waals surface area contributed by atoms with Gasteiger partial charge in [0.05, 0.1) is 83.2 Å². The second-order valence-electron chi connectivity index (χ2n) is 8.67. The van der Waals surface area contributed by atoms with Gasteiger partial charge >= 0.3 is 0 Å². The van der Waals surface area contributed by atoms with Gasteiger partial charge in [-0.3, -0.25) is 9.59 Å². The number of aromatic nitrogens is 2. The Balaban J connectivity index is 1.61. The third-order valence-electron chi connectivity index (χ3n) is 6.24. The first-order valence-corrected chi connectivity index (χ1v) is 11.9. The van der Waals surface area contributed by atoms with Crippen LogP contribution in [0.4, 0.5) is 0 Å². The molecule has 31 heavy (non-hydrogen) atoms. The molecular weight excluding hydrogens is 412 g/mol. The number of nitrogens with one attached hydrogen (secondary N) is 2. The fraction of sp³-hybridized carbons (Fsp3) is 0.545. The third kappa shape index (κ3) is 4.99. The second-order valence-corrected chi connectivity index (χ2v) is 9.76. The van der Waals surface area contributed by atoms with Crippen LogP contribution in [0.1, 0.15) is 5.69 Å². The first-order chi connectivity index (χ1) is 14.9. The molecule has 2 aromatic rings. The second kappa shape index (κ2) is 9.50. The smallest absolute Gasteiger partial charge is 0.246 e. The van der Waals surface area contributed by atoms with Crippen molar-refractivity contribution in [2.45, 2.75) is 17.2 Å². The first kappa shape index (κ1) is 22.0. The number of fused-ring (bicyclic) bond motifs is 1. The number of hydrogen-bond donors (Lipinski definition) is 2. The average molecular weight is 445 g/mol. The molecule has 3 heterocycles. The van der Waals surface area contributed by atoms with E-state index in [0.29, 0.717) is 31.2 Å². The van der Waals surface area contributed by atoms with E-state index in [-0.39, 0.29) is 11.8 Å². The van der Waals surface area contributed by atoms with Gasteiger partial charge in [0.1, 0.15) is 5.03 Å². The summed E-state index contributed by atoms with van der Waals surface area (Å²) >= 11 is 1.27. The summed E-state index contributed by atoms with van der Waals surface area (Å²) in [5.41, 5.74) is 2.35. The molecule has 2 aliphatic heterocycles. The summed E-state index contributed by atoms with van der Waals surface area (Å²) in [5.74, 6) is -0.189. The number of carbonyl (C=O) groups is 2. The van der Waals surface area contributed by atoms with Crippen molar-refractivity contribution in [3.63, 3.8) is 0 Å². The SMILES string of the molecule is Cc1nc2ccccc2nc1SC(C(=O)N1CC[NH+](C)CC1)C(=O)N1CC[NH+](C)CC1. The van der Waals surface area contributed by atoms with Gasteiger partial charge in [0.15, 0.2) is 5.25 Å². The topological polar surface area (TPSA) is 75.3 Å². The molecule has 0 aliphatic carbocycles. The third-order valence-corrected chi connectivity index (χ3v) is 7.49. The average Bonchev–Trinajstić information content (AvgIpc) is 2.78. The molecule has 1 aromatic carbocycles. The first-order valence-electron chi connectivity index (χ1n) is 11.0. The van der Waals surface area contributed by atoms with E-state index in [9.17, 15) is 9.59 Å². The van der Waals surface area contributed by atoms with E-state index in [1.165, 1.54) is 21.6 Å². The molecule has 0 atom stereocenters. The fourth-order valence-corrected chi connectivity index (χ4v) is 5.14.